The first-order valence-electron chi connectivity index (χ1n) is 7.50. The van der Waals surface area contributed by atoms with Crippen LogP contribution in [0.15, 0.2) is 4.52 Å². The van der Waals surface area contributed by atoms with Crippen molar-refractivity contribution in [3.63, 3.8) is 0 Å². The van der Waals surface area contributed by atoms with E-state index < -0.39 is 11.3 Å². The maximum absolute atomic E-state index is 14.2. The summed E-state index contributed by atoms with van der Waals surface area (Å²) in [6.45, 7) is 4.52. The van der Waals surface area contributed by atoms with E-state index in [1.54, 1.807) is 30.7 Å². The molecule has 1 amide bonds. The second-order valence-electron chi connectivity index (χ2n) is 6.74. The molecule has 2 saturated heterocycles. The van der Waals surface area contributed by atoms with Crippen molar-refractivity contribution < 1.29 is 18.1 Å². The van der Waals surface area contributed by atoms with Gasteiger partial charge in [-0.3, -0.25) is 9.69 Å². The summed E-state index contributed by atoms with van der Waals surface area (Å²) in [6.07, 6.45) is 0.150. The maximum atomic E-state index is 14.2. The van der Waals surface area contributed by atoms with Crippen LogP contribution in [0.4, 0.5) is 8.78 Å². The fourth-order valence-electron chi connectivity index (χ4n) is 3.79. The Hall–Kier alpha value is -1.50. The lowest BCUT2D eigenvalue weighted by Gasteiger charge is -2.42. The normalized spacial score (nSPS) is 28.8. The minimum Gasteiger partial charge on any atom is -0.361 e. The Balaban J connectivity index is 1.85. The molecule has 0 saturated carbocycles. The number of nitrogens with zero attached hydrogens (tertiary/aromatic N) is 3. The van der Waals surface area contributed by atoms with Gasteiger partial charge in [0.15, 0.2) is 0 Å². The number of rotatable bonds is 2. The van der Waals surface area contributed by atoms with E-state index in [1.165, 1.54) is 0 Å². The zero-order valence-electron chi connectivity index (χ0n) is 13.2. The van der Waals surface area contributed by atoms with Crippen molar-refractivity contribution in [3.05, 3.63) is 17.0 Å². The second kappa shape index (κ2) is 5.01. The third-order valence-corrected chi connectivity index (χ3v) is 4.87. The average molecular weight is 313 g/mol. The van der Waals surface area contributed by atoms with Gasteiger partial charge in [-0.15, -0.1) is 0 Å². The number of hydrogen-bond acceptors (Lipinski definition) is 4. The number of carbonyl (C=O) groups excluding carboxylic acids is 1. The molecule has 1 aromatic rings. The topological polar surface area (TPSA) is 49.6 Å². The summed E-state index contributed by atoms with van der Waals surface area (Å²) in [5.74, 6) is -2.36. The average Bonchev–Trinajstić information content (AvgIpc) is 2.86. The first kappa shape index (κ1) is 15.4. The molecule has 0 bridgehead atoms. The van der Waals surface area contributed by atoms with E-state index in [0.717, 1.165) is 11.3 Å². The lowest BCUT2D eigenvalue weighted by atomic mass is 9.77. The van der Waals surface area contributed by atoms with E-state index in [0.29, 0.717) is 31.8 Å². The smallest absolute Gasteiger partial charge is 0.261 e. The van der Waals surface area contributed by atoms with Gasteiger partial charge in [-0.25, -0.2) is 8.78 Å². The van der Waals surface area contributed by atoms with Crippen LogP contribution in [0.5, 0.6) is 0 Å². The lowest BCUT2D eigenvalue weighted by molar-refractivity contribution is -0.154. The largest absolute Gasteiger partial charge is 0.361 e. The minimum atomic E-state index is -2.85. The Bertz CT molecular complexity index is 582. The van der Waals surface area contributed by atoms with E-state index >= 15 is 0 Å². The molecule has 0 aliphatic carbocycles. The van der Waals surface area contributed by atoms with Crippen molar-refractivity contribution in [3.8, 4) is 0 Å². The molecule has 0 N–H and O–H groups in total. The summed E-state index contributed by atoms with van der Waals surface area (Å²) in [5.41, 5.74) is 0.608. The summed E-state index contributed by atoms with van der Waals surface area (Å²) < 4.78 is 33.6. The molecule has 22 heavy (non-hydrogen) atoms. The number of aryl methyl sites for hydroxylation is 2. The molecule has 0 unspecified atom stereocenters. The molecule has 2 aliphatic rings. The predicted molar refractivity (Wildman–Crippen MR) is 75.5 cm³/mol. The molecule has 3 rings (SSSR count). The van der Waals surface area contributed by atoms with Crippen LogP contribution in [0.25, 0.3) is 0 Å². The third kappa shape index (κ3) is 2.51. The molecular weight excluding hydrogens is 292 g/mol. The Morgan fingerprint density at radius 2 is 2.05 bits per heavy atom. The molecule has 122 valence electrons. The quantitative estimate of drug-likeness (QED) is 0.838. The van der Waals surface area contributed by atoms with Crippen molar-refractivity contribution in [2.75, 3.05) is 26.7 Å². The highest BCUT2D eigenvalue weighted by Gasteiger charge is 2.56. The van der Waals surface area contributed by atoms with Gasteiger partial charge in [-0.2, -0.15) is 0 Å². The fraction of sp³-hybridized carbons (Fsp3) is 0.733. The van der Waals surface area contributed by atoms with Crippen LogP contribution in [0, 0.1) is 19.3 Å². The predicted octanol–water partition coefficient (Wildman–Crippen LogP) is 1.98. The molecule has 0 radical (unpaired) electrons. The zero-order valence-corrected chi connectivity index (χ0v) is 13.2. The van der Waals surface area contributed by atoms with Crippen LogP contribution in [0.3, 0.4) is 0 Å². The van der Waals surface area contributed by atoms with Gasteiger partial charge in [-0.05, 0) is 20.3 Å². The molecule has 5 nitrogen and oxygen atoms in total. The standard InChI is InChI=1S/C15H21F2N3O2/c1-10-12(11(2)22-18-10)6-20-8-14(7-15(16,17)9-20)4-5-19(3)13(14)21/h4-9H2,1-3H3/t14-/m1/s1. The molecule has 7 heteroatoms. The third-order valence-electron chi connectivity index (χ3n) is 4.87. The number of hydrogen-bond donors (Lipinski definition) is 0. The molecule has 1 aromatic heterocycles. The van der Waals surface area contributed by atoms with Gasteiger partial charge in [0.05, 0.1) is 17.7 Å². The van der Waals surface area contributed by atoms with Crippen LogP contribution < -0.4 is 0 Å². The number of amides is 1. The van der Waals surface area contributed by atoms with E-state index in [-0.39, 0.29) is 18.9 Å². The van der Waals surface area contributed by atoms with Crippen molar-refractivity contribution in [1.29, 1.82) is 0 Å². The van der Waals surface area contributed by atoms with E-state index in [9.17, 15) is 13.6 Å². The van der Waals surface area contributed by atoms with Crippen LogP contribution in [0.2, 0.25) is 0 Å². The molecule has 3 heterocycles. The van der Waals surface area contributed by atoms with Crippen molar-refractivity contribution >= 4 is 5.91 Å². The molecule has 1 atom stereocenters. The highest BCUT2D eigenvalue weighted by Crippen LogP contribution is 2.45. The summed E-state index contributed by atoms with van der Waals surface area (Å²) in [4.78, 5) is 15.6. The Labute approximate surface area is 128 Å². The number of carbonyl (C=O) groups is 1. The molecule has 1 spiro atoms. The monoisotopic (exact) mass is 313 g/mol. The van der Waals surface area contributed by atoms with Gasteiger partial charge in [0.1, 0.15) is 5.76 Å². The summed E-state index contributed by atoms with van der Waals surface area (Å²) in [7, 11) is 1.68. The van der Waals surface area contributed by atoms with Crippen molar-refractivity contribution in [2.45, 2.75) is 39.2 Å². The molecule has 2 aliphatic heterocycles. The van der Waals surface area contributed by atoms with Gasteiger partial charge in [-0.1, -0.05) is 5.16 Å². The van der Waals surface area contributed by atoms with Crippen LogP contribution in [-0.4, -0.2) is 53.5 Å². The first-order chi connectivity index (χ1) is 10.2. The summed E-state index contributed by atoms with van der Waals surface area (Å²) >= 11 is 0. The van der Waals surface area contributed by atoms with Crippen LogP contribution >= 0.6 is 0 Å². The van der Waals surface area contributed by atoms with Crippen LogP contribution in [-0.2, 0) is 11.3 Å². The van der Waals surface area contributed by atoms with Gasteiger partial charge in [0.25, 0.3) is 5.92 Å². The molecule has 2 fully saturated rings. The van der Waals surface area contributed by atoms with E-state index in [2.05, 4.69) is 5.16 Å². The Kier molecular flexibility index (Phi) is 3.51. The fourth-order valence-corrected chi connectivity index (χ4v) is 3.79. The number of alkyl halides is 2. The van der Waals surface area contributed by atoms with Crippen molar-refractivity contribution in [1.82, 2.24) is 15.0 Å². The van der Waals surface area contributed by atoms with Gasteiger partial charge < -0.3 is 9.42 Å². The highest BCUT2D eigenvalue weighted by atomic mass is 19.3. The van der Waals surface area contributed by atoms with Gasteiger partial charge >= 0.3 is 0 Å². The second-order valence-corrected chi connectivity index (χ2v) is 6.74. The number of halogens is 2. The lowest BCUT2D eigenvalue weighted by Crippen LogP contribution is -2.55. The molecular formula is C15H21F2N3O2. The number of likely N-dealkylation sites (tertiary alicyclic amines) is 2. The van der Waals surface area contributed by atoms with Gasteiger partial charge in [0, 0.05) is 38.7 Å². The van der Waals surface area contributed by atoms with Crippen molar-refractivity contribution in [2.24, 2.45) is 5.41 Å². The highest BCUT2D eigenvalue weighted by molar-refractivity contribution is 5.85. The first-order valence-corrected chi connectivity index (χ1v) is 7.50. The Morgan fingerprint density at radius 3 is 2.59 bits per heavy atom. The molecule has 0 aromatic carbocycles. The summed E-state index contributed by atoms with van der Waals surface area (Å²) in [6, 6.07) is 0. The van der Waals surface area contributed by atoms with Crippen LogP contribution in [0.1, 0.15) is 29.9 Å². The minimum absolute atomic E-state index is 0.157. The number of piperidine rings is 1. The number of aromatic nitrogens is 1. The van der Waals surface area contributed by atoms with Gasteiger partial charge in [0.2, 0.25) is 5.91 Å². The van der Waals surface area contributed by atoms with E-state index in [4.69, 9.17) is 4.52 Å². The van der Waals surface area contributed by atoms with E-state index in [1.807, 2.05) is 0 Å². The maximum Gasteiger partial charge on any atom is 0.261 e. The Morgan fingerprint density at radius 1 is 1.32 bits per heavy atom. The SMILES string of the molecule is Cc1noc(C)c1CN1CC(F)(F)C[C@]2(CCN(C)C2=O)C1. The summed E-state index contributed by atoms with van der Waals surface area (Å²) in [5, 5.41) is 3.87. The zero-order chi connectivity index (χ0) is 16.1.